The summed E-state index contributed by atoms with van der Waals surface area (Å²) in [7, 11) is -2.34. The number of carbonyl (C=O) groups is 2. The predicted molar refractivity (Wildman–Crippen MR) is 92.5 cm³/mol. The van der Waals surface area contributed by atoms with E-state index in [0.29, 0.717) is 18.8 Å². The summed E-state index contributed by atoms with van der Waals surface area (Å²) in [6.07, 6.45) is 1.14. The maximum atomic E-state index is 12.1. The molecule has 0 aliphatic rings. The van der Waals surface area contributed by atoms with Gasteiger partial charge in [-0.05, 0) is 32.0 Å². The highest BCUT2D eigenvalue weighted by Gasteiger charge is 2.21. The Morgan fingerprint density at radius 3 is 2.29 bits per heavy atom. The lowest BCUT2D eigenvalue weighted by Gasteiger charge is -2.24. The van der Waals surface area contributed by atoms with Crippen molar-refractivity contribution in [2.45, 2.75) is 20.3 Å². The van der Waals surface area contributed by atoms with Gasteiger partial charge in [0.05, 0.1) is 24.6 Å². The van der Waals surface area contributed by atoms with Crippen LogP contribution in [-0.2, 0) is 19.6 Å². The lowest BCUT2D eigenvalue weighted by atomic mass is 10.2. The Bertz CT molecular complexity index is 683. The summed E-state index contributed by atoms with van der Waals surface area (Å²) in [5.41, 5.74) is 0.575. The van der Waals surface area contributed by atoms with Crippen LogP contribution in [-0.4, -0.2) is 58.2 Å². The number of esters is 1. The second-order valence-electron chi connectivity index (χ2n) is 5.19. The maximum Gasteiger partial charge on any atom is 0.337 e. The van der Waals surface area contributed by atoms with Gasteiger partial charge in [-0.25, -0.2) is 13.2 Å². The monoisotopic (exact) mass is 356 g/mol. The van der Waals surface area contributed by atoms with E-state index in [0.717, 1.165) is 10.6 Å². The molecule has 1 rings (SSSR count). The van der Waals surface area contributed by atoms with Crippen molar-refractivity contribution in [3.63, 3.8) is 0 Å². The number of methoxy groups -OCH3 is 1. The number of sulfonamides is 1. The minimum absolute atomic E-state index is 0.0127. The standard InChI is InChI=1S/C16H24N2O5S/c1-5-17(6-2)15(19)10-11-18(24(4,21)22)14-9-7-8-13(12-14)16(20)23-3/h7-9,12H,5-6,10-11H2,1-4H3. The molecule has 0 spiro atoms. The van der Waals surface area contributed by atoms with Crippen molar-refractivity contribution in [1.82, 2.24) is 4.90 Å². The smallest absolute Gasteiger partial charge is 0.337 e. The van der Waals surface area contributed by atoms with Crippen LogP contribution in [0.4, 0.5) is 5.69 Å². The van der Waals surface area contributed by atoms with Crippen LogP contribution in [0, 0.1) is 0 Å². The average Bonchev–Trinajstić information content (AvgIpc) is 2.54. The largest absolute Gasteiger partial charge is 0.465 e. The fourth-order valence-corrected chi connectivity index (χ4v) is 3.24. The molecule has 0 heterocycles. The fraction of sp³-hybridized carbons (Fsp3) is 0.500. The van der Waals surface area contributed by atoms with E-state index < -0.39 is 16.0 Å². The molecule has 0 fully saturated rings. The number of ether oxygens (including phenoxy) is 1. The molecule has 1 aromatic carbocycles. The average molecular weight is 356 g/mol. The van der Waals surface area contributed by atoms with Crippen LogP contribution in [0.25, 0.3) is 0 Å². The van der Waals surface area contributed by atoms with Crippen molar-refractivity contribution in [1.29, 1.82) is 0 Å². The second-order valence-corrected chi connectivity index (χ2v) is 7.10. The zero-order valence-corrected chi connectivity index (χ0v) is 15.3. The summed E-state index contributed by atoms with van der Waals surface area (Å²) in [6, 6.07) is 6.13. The fourth-order valence-electron chi connectivity index (χ4n) is 2.32. The van der Waals surface area contributed by atoms with Crippen LogP contribution in [0.1, 0.15) is 30.6 Å². The van der Waals surface area contributed by atoms with Crippen molar-refractivity contribution < 1.29 is 22.7 Å². The van der Waals surface area contributed by atoms with Crippen molar-refractivity contribution in [3.8, 4) is 0 Å². The zero-order chi connectivity index (χ0) is 18.3. The van der Waals surface area contributed by atoms with Crippen LogP contribution in [0.5, 0.6) is 0 Å². The van der Waals surface area contributed by atoms with E-state index in [2.05, 4.69) is 4.74 Å². The summed E-state index contributed by atoms with van der Waals surface area (Å²) in [4.78, 5) is 25.4. The molecule has 1 aromatic rings. The number of benzene rings is 1. The second kappa shape index (κ2) is 8.68. The maximum absolute atomic E-state index is 12.1. The molecule has 134 valence electrons. The van der Waals surface area contributed by atoms with E-state index in [-0.39, 0.29) is 24.4 Å². The van der Waals surface area contributed by atoms with Crippen molar-refractivity contribution in [2.24, 2.45) is 0 Å². The number of rotatable bonds is 8. The summed E-state index contributed by atoms with van der Waals surface area (Å²) < 4.78 is 30.0. The minimum Gasteiger partial charge on any atom is -0.465 e. The number of amides is 1. The lowest BCUT2D eigenvalue weighted by molar-refractivity contribution is -0.130. The van der Waals surface area contributed by atoms with Crippen LogP contribution in [0.2, 0.25) is 0 Å². The summed E-state index contributed by atoms with van der Waals surface area (Å²) >= 11 is 0. The third kappa shape index (κ3) is 5.23. The molecule has 0 radical (unpaired) electrons. The molecule has 7 nitrogen and oxygen atoms in total. The van der Waals surface area contributed by atoms with Gasteiger partial charge in [-0.3, -0.25) is 9.10 Å². The van der Waals surface area contributed by atoms with E-state index in [1.807, 2.05) is 13.8 Å². The third-order valence-corrected chi connectivity index (χ3v) is 4.79. The van der Waals surface area contributed by atoms with E-state index in [4.69, 9.17) is 0 Å². The summed E-state index contributed by atoms with van der Waals surface area (Å²) in [5, 5.41) is 0. The Morgan fingerprint density at radius 2 is 1.79 bits per heavy atom. The predicted octanol–water partition coefficient (Wildman–Crippen LogP) is 1.50. The molecular weight excluding hydrogens is 332 g/mol. The first kappa shape index (κ1) is 20.0. The Balaban J connectivity index is 3.03. The van der Waals surface area contributed by atoms with Crippen molar-refractivity contribution >= 4 is 27.6 Å². The molecule has 0 bridgehead atoms. The quantitative estimate of drug-likeness (QED) is 0.659. The van der Waals surface area contributed by atoms with Crippen molar-refractivity contribution in [2.75, 3.05) is 37.3 Å². The molecule has 1 amide bonds. The molecule has 0 unspecified atom stereocenters. The highest BCUT2D eigenvalue weighted by molar-refractivity contribution is 7.92. The summed E-state index contributed by atoms with van der Waals surface area (Å²) in [5.74, 6) is -0.665. The van der Waals surface area contributed by atoms with Gasteiger partial charge in [0.15, 0.2) is 0 Å². The Hall–Kier alpha value is -2.09. The molecule has 24 heavy (non-hydrogen) atoms. The van der Waals surface area contributed by atoms with Crippen LogP contribution >= 0.6 is 0 Å². The molecule has 0 aliphatic heterocycles. The number of nitrogens with zero attached hydrogens (tertiary/aromatic N) is 2. The first-order valence-corrected chi connectivity index (χ1v) is 9.53. The van der Waals surface area contributed by atoms with Gasteiger partial charge in [-0.1, -0.05) is 6.07 Å². The van der Waals surface area contributed by atoms with Crippen LogP contribution in [0.3, 0.4) is 0 Å². The van der Waals surface area contributed by atoms with E-state index in [9.17, 15) is 18.0 Å². The first-order chi connectivity index (χ1) is 11.2. The van der Waals surface area contributed by atoms with Gasteiger partial charge < -0.3 is 9.64 Å². The zero-order valence-electron chi connectivity index (χ0n) is 14.5. The SMILES string of the molecule is CCN(CC)C(=O)CCN(c1cccc(C(=O)OC)c1)S(C)(=O)=O. The molecule has 0 saturated carbocycles. The first-order valence-electron chi connectivity index (χ1n) is 7.68. The molecule has 0 aromatic heterocycles. The van der Waals surface area contributed by atoms with Gasteiger partial charge in [0.1, 0.15) is 0 Å². The van der Waals surface area contributed by atoms with Gasteiger partial charge >= 0.3 is 5.97 Å². The number of hydrogen-bond acceptors (Lipinski definition) is 5. The Labute approximate surface area is 143 Å². The van der Waals surface area contributed by atoms with E-state index >= 15 is 0 Å². The number of hydrogen-bond donors (Lipinski definition) is 0. The van der Waals surface area contributed by atoms with Crippen molar-refractivity contribution in [3.05, 3.63) is 29.8 Å². The molecule has 0 atom stereocenters. The topological polar surface area (TPSA) is 84.0 Å². The van der Waals surface area contributed by atoms with Gasteiger partial charge in [-0.2, -0.15) is 0 Å². The van der Waals surface area contributed by atoms with E-state index in [1.54, 1.807) is 17.0 Å². The minimum atomic E-state index is -3.59. The molecule has 0 N–H and O–H groups in total. The van der Waals surface area contributed by atoms with Crippen LogP contribution in [0.15, 0.2) is 24.3 Å². The molecule has 8 heteroatoms. The summed E-state index contributed by atoms with van der Waals surface area (Å²) in [6.45, 7) is 4.90. The van der Waals surface area contributed by atoms with Gasteiger partial charge in [-0.15, -0.1) is 0 Å². The Kier molecular flexibility index (Phi) is 7.21. The highest BCUT2D eigenvalue weighted by Crippen LogP contribution is 2.20. The molecule has 0 aliphatic carbocycles. The van der Waals surface area contributed by atoms with E-state index in [1.165, 1.54) is 19.2 Å². The van der Waals surface area contributed by atoms with Crippen LogP contribution < -0.4 is 4.31 Å². The Morgan fingerprint density at radius 1 is 1.17 bits per heavy atom. The molecular formula is C16H24N2O5S. The number of anilines is 1. The molecule has 0 saturated heterocycles. The third-order valence-electron chi connectivity index (χ3n) is 3.60. The normalized spacial score (nSPS) is 11.0. The van der Waals surface area contributed by atoms with Gasteiger partial charge in [0.25, 0.3) is 0 Å². The lowest BCUT2D eigenvalue weighted by Crippen LogP contribution is -2.36. The van der Waals surface area contributed by atoms with Gasteiger partial charge in [0.2, 0.25) is 15.9 Å². The number of carbonyl (C=O) groups excluding carboxylic acids is 2. The highest BCUT2D eigenvalue weighted by atomic mass is 32.2. The van der Waals surface area contributed by atoms with Gasteiger partial charge in [0, 0.05) is 26.1 Å².